The summed E-state index contributed by atoms with van der Waals surface area (Å²) in [6.07, 6.45) is 2.48. The van der Waals surface area contributed by atoms with Crippen molar-refractivity contribution in [1.82, 2.24) is 10.2 Å². The highest BCUT2D eigenvalue weighted by molar-refractivity contribution is 9.10. The van der Waals surface area contributed by atoms with Crippen LogP contribution in [-0.2, 0) is 11.3 Å². The first-order valence-corrected chi connectivity index (χ1v) is 8.35. The maximum absolute atomic E-state index is 13.6. The molecule has 0 saturated carbocycles. The minimum Gasteiger partial charge on any atom is -0.383 e. The lowest BCUT2D eigenvalue weighted by Gasteiger charge is -2.33. The Morgan fingerprint density at radius 2 is 2.33 bits per heavy atom. The second-order valence-corrected chi connectivity index (χ2v) is 6.45. The monoisotopic (exact) mass is 358 g/mol. The largest absolute Gasteiger partial charge is 0.383 e. The molecular formula is C16H24BrFN2O. The van der Waals surface area contributed by atoms with Gasteiger partial charge in [0, 0.05) is 26.7 Å². The number of rotatable bonds is 7. The van der Waals surface area contributed by atoms with Crippen LogP contribution < -0.4 is 5.32 Å². The van der Waals surface area contributed by atoms with E-state index in [9.17, 15) is 4.39 Å². The number of piperidine rings is 1. The normalized spacial score (nSPS) is 19.9. The number of nitrogens with zero attached hydrogens (tertiary/aromatic N) is 1. The van der Waals surface area contributed by atoms with Crippen molar-refractivity contribution in [3.63, 3.8) is 0 Å². The Hall–Kier alpha value is -0.490. The van der Waals surface area contributed by atoms with Crippen LogP contribution in [0.2, 0.25) is 0 Å². The number of hydrogen-bond donors (Lipinski definition) is 1. The van der Waals surface area contributed by atoms with Crippen molar-refractivity contribution in [3.8, 4) is 0 Å². The van der Waals surface area contributed by atoms with Gasteiger partial charge in [-0.2, -0.15) is 0 Å². The van der Waals surface area contributed by atoms with Crippen molar-refractivity contribution in [2.45, 2.75) is 19.4 Å². The van der Waals surface area contributed by atoms with Gasteiger partial charge < -0.3 is 10.1 Å². The molecule has 3 nitrogen and oxygen atoms in total. The van der Waals surface area contributed by atoms with Crippen LogP contribution in [0.3, 0.4) is 0 Å². The van der Waals surface area contributed by atoms with Crippen molar-refractivity contribution >= 4 is 15.9 Å². The lowest BCUT2D eigenvalue weighted by atomic mass is 9.97. The lowest BCUT2D eigenvalue weighted by molar-refractivity contribution is 0.159. The van der Waals surface area contributed by atoms with Crippen LogP contribution >= 0.6 is 15.9 Å². The summed E-state index contributed by atoms with van der Waals surface area (Å²) in [5.74, 6) is 0.491. The first kappa shape index (κ1) is 16.9. The Balaban J connectivity index is 1.82. The Bertz CT molecular complexity index is 444. The first-order chi connectivity index (χ1) is 10.2. The molecule has 0 radical (unpaired) electrons. The van der Waals surface area contributed by atoms with E-state index in [1.807, 2.05) is 6.07 Å². The molecule has 0 amide bonds. The summed E-state index contributed by atoms with van der Waals surface area (Å²) in [5.41, 5.74) is 1.03. The Labute approximate surface area is 135 Å². The van der Waals surface area contributed by atoms with Crippen LogP contribution in [0.4, 0.5) is 4.39 Å². The van der Waals surface area contributed by atoms with Crippen LogP contribution in [-0.4, -0.2) is 44.8 Å². The summed E-state index contributed by atoms with van der Waals surface area (Å²) in [6, 6.07) is 5.27. The predicted molar refractivity (Wildman–Crippen MR) is 86.8 cm³/mol. The Kier molecular flexibility index (Phi) is 7.10. The second-order valence-electron chi connectivity index (χ2n) is 5.65. The van der Waals surface area contributed by atoms with E-state index in [4.69, 9.17) is 4.74 Å². The van der Waals surface area contributed by atoms with E-state index in [1.165, 1.54) is 18.9 Å². The van der Waals surface area contributed by atoms with Crippen molar-refractivity contribution in [3.05, 3.63) is 34.1 Å². The molecule has 1 saturated heterocycles. The average Bonchev–Trinajstić information content (AvgIpc) is 2.49. The van der Waals surface area contributed by atoms with Crippen LogP contribution in [0.15, 0.2) is 22.7 Å². The van der Waals surface area contributed by atoms with Crippen LogP contribution in [0.25, 0.3) is 0 Å². The summed E-state index contributed by atoms with van der Waals surface area (Å²) in [6.45, 7) is 5.67. The Morgan fingerprint density at radius 3 is 3.14 bits per heavy atom. The van der Waals surface area contributed by atoms with E-state index < -0.39 is 0 Å². The molecule has 1 aliphatic rings. The fourth-order valence-corrected chi connectivity index (χ4v) is 3.24. The van der Waals surface area contributed by atoms with Gasteiger partial charge in [-0.05, 0) is 59.4 Å². The van der Waals surface area contributed by atoms with Gasteiger partial charge >= 0.3 is 0 Å². The Morgan fingerprint density at radius 1 is 1.48 bits per heavy atom. The molecule has 0 aliphatic carbocycles. The van der Waals surface area contributed by atoms with E-state index in [1.54, 1.807) is 13.2 Å². The number of methoxy groups -OCH3 is 1. The predicted octanol–water partition coefficient (Wildman–Crippen LogP) is 3.04. The molecular weight excluding hydrogens is 335 g/mol. The fourth-order valence-electron chi connectivity index (χ4n) is 2.85. The molecule has 1 unspecified atom stereocenters. The molecule has 1 aromatic carbocycles. The maximum Gasteiger partial charge on any atom is 0.137 e. The number of nitrogens with one attached hydrogen (secondary N) is 1. The van der Waals surface area contributed by atoms with Crippen molar-refractivity contribution in [2.75, 3.05) is 39.9 Å². The average molecular weight is 359 g/mol. The van der Waals surface area contributed by atoms with Gasteiger partial charge in [-0.15, -0.1) is 0 Å². The summed E-state index contributed by atoms with van der Waals surface area (Å²) < 4.78 is 19.2. The zero-order valence-corrected chi connectivity index (χ0v) is 14.2. The third-order valence-corrected chi connectivity index (χ3v) is 4.83. The molecule has 1 aliphatic heterocycles. The molecule has 118 valence electrons. The topological polar surface area (TPSA) is 24.5 Å². The van der Waals surface area contributed by atoms with Crippen LogP contribution in [0.1, 0.15) is 18.4 Å². The van der Waals surface area contributed by atoms with Gasteiger partial charge in [-0.25, -0.2) is 4.39 Å². The van der Waals surface area contributed by atoms with Crippen molar-refractivity contribution in [2.24, 2.45) is 5.92 Å². The molecule has 1 fully saturated rings. The van der Waals surface area contributed by atoms with Crippen LogP contribution in [0, 0.1) is 11.7 Å². The quantitative estimate of drug-likeness (QED) is 0.758. The number of hydrogen-bond acceptors (Lipinski definition) is 3. The number of ether oxygens (including phenoxy) is 1. The first-order valence-electron chi connectivity index (χ1n) is 7.55. The minimum atomic E-state index is -0.178. The van der Waals surface area contributed by atoms with Gasteiger partial charge in [-0.3, -0.25) is 4.90 Å². The third kappa shape index (κ3) is 5.33. The number of benzene rings is 1. The summed E-state index contributed by atoms with van der Waals surface area (Å²) in [5, 5.41) is 3.44. The van der Waals surface area contributed by atoms with Gasteiger partial charge in [-0.1, -0.05) is 12.1 Å². The van der Waals surface area contributed by atoms with E-state index in [-0.39, 0.29) is 5.82 Å². The molecule has 1 aromatic rings. The molecule has 0 aromatic heterocycles. The third-order valence-electron chi connectivity index (χ3n) is 3.94. The highest BCUT2D eigenvalue weighted by atomic mass is 79.9. The molecule has 5 heteroatoms. The maximum atomic E-state index is 13.6. The zero-order valence-electron chi connectivity index (χ0n) is 12.6. The molecule has 0 bridgehead atoms. The van der Waals surface area contributed by atoms with E-state index >= 15 is 0 Å². The molecule has 21 heavy (non-hydrogen) atoms. The number of likely N-dealkylation sites (tertiary alicyclic amines) is 1. The zero-order chi connectivity index (χ0) is 15.1. The molecule has 1 atom stereocenters. The SMILES string of the molecule is COCCNCC1CCCN(Cc2cccc(F)c2Br)C1. The highest BCUT2D eigenvalue weighted by Crippen LogP contribution is 2.24. The highest BCUT2D eigenvalue weighted by Gasteiger charge is 2.20. The fraction of sp³-hybridized carbons (Fsp3) is 0.625. The van der Waals surface area contributed by atoms with Gasteiger partial charge in [0.2, 0.25) is 0 Å². The van der Waals surface area contributed by atoms with Gasteiger partial charge in [0.25, 0.3) is 0 Å². The molecule has 2 rings (SSSR count). The van der Waals surface area contributed by atoms with Gasteiger partial charge in [0.15, 0.2) is 0 Å². The van der Waals surface area contributed by atoms with Crippen molar-refractivity contribution in [1.29, 1.82) is 0 Å². The standard InChI is InChI=1S/C16H24BrFN2O/c1-21-9-7-19-10-13-4-3-8-20(11-13)12-14-5-2-6-15(18)16(14)17/h2,5-6,13,19H,3-4,7-12H2,1H3. The number of halogens is 2. The van der Waals surface area contributed by atoms with Gasteiger partial charge in [0.1, 0.15) is 5.82 Å². The smallest absolute Gasteiger partial charge is 0.137 e. The van der Waals surface area contributed by atoms with E-state index in [2.05, 4.69) is 26.1 Å². The lowest BCUT2D eigenvalue weighted by Crippen LogP contribution is -2.39. The summed E-state index contributed by atoms with van der Waals surface area (Å²) in [4.78, 5) is 2.42. The summed E-state index contributed by atoms with van der Waals surface area (Å²) in [7, 11) is 1.72. The second kappa shape index (κ2) is 8.83. The molecule has 0 spiro atoms. The van der Waals surface area contributed by atoms with Crippen LogP contribution in [0.5, 0.6) is 0 Å². The molecule has 1 N–H and O–H groups in total. The van der Waals surface area contributed by atoms with Gasteiger partial charge in [0.05, 0.1) is 11.1 Å². The van der Waals surface area contributed by atoms with Crippen molar-refractivity contribution < 1.29 is 9.13 Å². The van der Waals surface area contributed by atoms with E-state index in [0.717, 1.165) is 44.9 Å². The summed E-state index contributed by atoms with van der Waals surface area (Å²) >= 11 is 3.35. The molecule has 1 heterocycles. The van der Waals surface area contributed by atoms with E-state index in [0.29, 0.717) is 10.4 Å². The minimum absolute atomic E-state index is 0.178.